The summed E-state index contributed by atoms with van der Waals surface area (Å²) in [7, 11) is 0. The van der Waals surface area contributed by atoms with E-state index < -0.39 is 0 Å². The molecule has 0 radical (unpaired) electrons. The van der Waals surface area contributed by atoms with Crippen LogP contribution in [0.2, 0.25) is 0 Å². The Balaban J connectivity index is 0.000000320. The van der Waals surface area contributed by atoms with Gasteiger partial charge in [-0.15, -0.1) is 12.4 Å². The first-order chi connectivity index (χ1) is 3.45. The maximum absolute atomic E-state index is 3.46. The third kappa shape index (κ3) is 0.971. The van der Waals surface area contributed by atoms with Gasteiger partial charge in [-0.25, -0.2) is 0 Å². The van der Waals surface area contributed by atoms with E-state index in [1.165, 1.54) is 17.9 Å². The molecule has 3 saturated heterocycles. The zero-order chi connectivity index (χ0) is 4.69. The van der Waals surface area contributed by atoms with Crippen molar-refractivity contribution in [2.45, 2.75) is 18.5 Å². The zero-order valence-electron chi connectivity index (χ0n) is 4.59. The minimum Gasteiger partial charge on any atom is -0.309 e. The van der Waals surface area contributed by atoms with E-state index in [4.69, 9.17) is 0 Å². The predicted octanol–water partition coefficient (Wildman–Crippen LogP) is 0.885. The van der Waals surface area contributed by atoms with Crippen LogP contribution in [0.15, 0.2) is 0 Å². The first-order valence-corrected chi connectivity index (χ1v) is 3.94. The monoisotopic (exact) mass is 151 g/mol. The lowest BCUT2D eigenvalue weighted by Crippen LogP contribution is -2.58. The molecule has 0 spiro atoms. The number of thioether (sulfide) groups is 1. The average Bonchev–Trinajstić information content (AvgIpc) is 1.67. The smallest absolute Gasteiger partial charge is 0.0176 e. The highest BCUT2D eigenvalue weighted by atomic mass is 35.5. The largest absolute Gasteiger partial charge is 0.309 e. The van der Waals surface area contributed by atoms with Crippen LogP contribution < -0.4 is 5.32 Å². The van der Waals surface area contributed by atoms with E-state index in [1.807, 2.05) is 0 Å². The van der Waals surface area contributed by atoms with Gasteiger partial charge >= 0.3 is 0 Å². The molecule has 3 aliphatic rings. The van der Waals surface area contributed by atoms with E-state index >= 15 is 0 Å². The van der Waals surface area contributed by atoms with Crippen LogP contribution in [0.1, 0.15) is 6.42 Å². The molecule has 8 heavy (non-hydrogen) atoms. The fourth-order valence-electron chi connectivity index (χ4n) is 1.24. The molecule has 3 heterocycles. The molecule has 2 atom stereocenters. The quantitative estimate of drug-likeness (QED) is 0.552. The second-order valence-corrected chi connectivity index (χ2v) is 3.41. The van der Waals surface area contributed by atoms with Gasteiger partial charge in [0.05, 0.1) is 0 Å². The minimum atomic E-state index is 0. The molecule has 48 valence electrons. The van der Waals surface area contributed by atoms with Gasteiger partial charge in [0.1, 0.15) is 0 Å². The Kier molecular flexibility index (Phi) is 2.07. The van der Waals surface area contributed by atoms with Crippen LogP contribution in [0.5, 0.6) is 0 Å². The summed E-state index contributed by atoms with van der Waals surface area (Å²) in [5, 5.41) is 3.46. The molecule has 1 nitrogen and oxygen atoms in total. The summed E-state index contributed by atoms with van der Waals surface area (Å²) in [6.07, 6.45) is 1.45. The molecule has 1 N–H and O–H groups in total. The van der Waals surface area contributed by atoms with Crippen molar-refractivity contribution < 1.29 is 0 Å². The van der Waals surface area contributed by atoms with Crippen molar-refractivity contribution >= 4 is 24.2 Å². The highest BCUT2D eigenvalue weighted by Gasteiger charge is 2.31. The Bertz CT molecular complexity index is 69.0. The van der Waals surface area contributed by atoms with Gasteiger partial charge in [0.2, 0.25) is 0 Å². The average molecular weight is 152 g/mol. The van der Waals surface area contributed by atoms with E-state index in [2.05, 4.69) is 17.1 Å². The van der Waals surface area contributed by atoms with Crippen LogP contribution in [0.3, 0.4) is 0 Å². The molecule has 0 aromatic carbocycles. The highest BCUT2D eigenvalue weighted by molar-refractivity contribution is 7.99. The van der Waals surface area contributed by atoms with Gasteiger partial charge < -0.3 is 5.32 Å². The van der Waals surface area contributed by atoms with Crippen molar-refractivity contribution in [1.29, 1.82) is 0 Å². The molecule has 0 aliphatic carbocycles. The summed E-state index contributed by atoms with van der Waals surface area (Å²) in [5.41, 5.74) is 0. The normalized spacial score (nSPS) is 42.0. The molecule has 3 fully saturated rings. The minimum absolute atomic E-state index is 0. The maximum atomic E-state index is 3.46. The van der Waals surface area contributed by atoms with Gasteiger partial charge in [0, 0.05) is 23.6 Å². The molecular formula is C5H10ClNS. The number of nitrogens with one attached hydrogen (secondary N) is 1. The Hall–Kier alpha value is 0.600. The summed E-state index contributed by atoms with van der Waals surface area (Å²) >= 11 is 2.09. The number of hydrogen-bond acceptors (Lipinski definition) is 2. The van der Waals surface area contributed by atoms with Crippen molar-refractivity contribution in [3.05, 3.63) is 0 Å². The second-order valence-electron chi connectivity index (χ2n) is 2.33. The van der Waals surface area contributed by atoms with Gasteiger partial charge in [-0.3, -0.25) is 0 Å². The summed E-state index contributed by atoms with van der Waals surface area (Å²) in [5.74, 6) is 2.72. The lowest BCUT2D eigenvalue weighted by atomic mass is 10.00. The summed E-state index contributed by atoms with van der Waals surface area (Å²) in [6, 6.07) is 1.78. The van der Waals surface area contributed by atoms with Gasteiger partial charge in [0.15, 0.2) is 0 Å². The van der Waals surface area contributed by atoms with Gasteiger partial charge in [0.25, 0.3) is 0 Å². The molecule has 0 saturated carbocycles. The van der Waals surface area contributed by atoms with Crippen LogP contribution in [-0.2, 0) is 0 Å². The first kappa shape index (κ1) is 6.72. The van der Waals surface area contributed by atoms with E-state index in [0.29, 0.717) is 0 Å². The van der Waals surface area contributed by atoms with Crippen molar-refractivity contribution in [1.82, 2.24) is 5.32 Å². The molecule has 0 aromatic rings. The Labute approximate surface area is 60.0 Å². The number of hydrogen-bond donors (Lipinski definition) is 1. The highest BCUT2D eigenvalue weighted by Crippen LogP contribution is 2.25. The predicted molar refractivity (Wildman–Crippen MR) is 39.9 cm³/mol. The van der Waals surface area contributed by atoms with E-state index in [-0.39, 0.29) is 12.4 Å². The van der Waals surface area contributed by atoms with Crippen LogP contribution in [0.4, 0.5) is 0 Å². The molecule has 2 bridgehead atoms. The van der Waals surface area contributed by atoms with Crippen molar-refractivity contribution in [3.8, 4) is 0 Å². The van der Waals surface area contributed by atoms with Crippen LogP contribution in [-0.4, -0.2) is 23.6 Å². The maximum Gasteiger partial charge on any atom is 0.0176 e. The van der Waals surface area contributed by atoms with Gasteiger partial charge in [-0.1, -0.05) is 0 Å². The molecule has 0 amide bonds. The van der Waals surface area contributed by atoms with E-state index in [0.717, 1.165) is 12.1 Å². The Morgan fingerprint density at radius 3 is 1.88 bits per heavy atom. The molecule has 0 aromatic heterocycles. The standard InChI is InChI=1S/C5H9NS.ClH/c1-4-2-7-3-5(1)6-4;/h4-6H,1-3H2;1H. The third-order valence-corrected chi connectivity index (χ3v) is 2.95. The van der Waals surface area contributed by atoms with Crippen molar-refractivity contribution in [2.24, 2.45) is 0 Å². The fourth-order valence-corrected chi connectivity index (χ4v) is 2.41. The van der Waals surface area contributed by atoms with Crippen molar-refractivity contribution in [3.63, 3.8) is 0 Å². The van der Waals surface area contributed by atoms with Gasteiger partial charge in [-0.2, -0.15) is 11.8 Å². The second kappa shape index (κ2) is 2.46. The zero-order valence-corrected chi connectivity index (χ0v) is 6.23. The lowest BCUT2D eigenvalue weighted by Gasteiger charge is -2.41. The molecule has 3 aliphatic heterocycles. The van der Waals surface area contributed by atoms with Crippen LogP contribution >= 0.6 is 24.2 Å². The molecular weight excluding hydrogens is 142 g/mol. The molecule has 2 unspecified atom stereocenters. The SMILES string of the molecule is C1SCC2CC1N2.Cl. The van der Waals surface area contributed by atoms with Crippen LogP contribution in [0, 0.1) is 0 Å². The third-order valence-electron chi connectivity index (χ3n) is 1.68. The van der Waals surface area contributed by atoms with Crippen LogP contribution in [0.25, 0.3) is 0 Å². The van der Waals surface area contributed by atoms with Crippen molar-refractivity contribution in [2.75, 3.05) is 11.5 Å². The lowest BCUT2D eigenvalue weighted by molar-refractivity contribution is 0.300. The Morgan fingerprint density at radius 1 is 1.25 bits per heavy atom. The van der Waals surface area contributed by atoms with E-state index in [9.17, 15) is 0 Å². The Morgan fingerprint density at radius 2 is 1.75 bits per heavy atom. The summed E-state index contributed by atoms with van der Waals surface area (Å²) < 4.78 is 0. The summed E-state index contributed by atoms with van der Waals surface area (Å²) in [4.78, 5) is 0. The van der Waals surface area contributed by atoms with Gasteiger partial charge in [-0.05, 0) is 6.42 Å². The topological polar surface area (TPSA) is 12.0 Å². The summed E-state index contributed by atoms with van der Waals surface area (Å²) in [6.45, 7) is 0. The first-order valence-electron chi connectivity index (χ1n) is 2.79. The van der Waals surface area contributed by atoms with E-state index in [1.54, 1.807) is 0 Å². The fraction of sp³-hybridized carbons (Fsp3) is 1.00. The number of fused-ring (bicyclic) bond motifs is 2. The number of halogens is 1. The molecule has 3 rings (SSSR count). The molecule has 3 heteroatoms. The number of rotatable bonds is 0.